The number of hydrogen-bond acceptors (Lipinski definition) is 3. The summed E-state index contributed by atoms with van der Waals surface area (Å²) in [5, 5.41) is 2.71. The third-order valence-corrected chi connectivity index (χ3v) is 2.84. The molecule has 0 aliphatic carbocycles. The lowest BCUT2D eigenvalue weighted by molar-refractivity contribution is 0.112. The number of aldehydes is 1. The Labute approximate surface area is 90.4 Å². The predicted octanol–water partition coefficient (Wildman–Crippen LogP) is 3.07. The summed E-state index contributed by atoms with van der Waals surface area (Å²) in [4.78, 5) is 15.0. The minimum Gasteiger partial charge on any atom is -0.298 e. The first kappa shape index (κ1) is 9.98. The average molecular weight is 221 g/mol. The van der Waals surface area contributed by atoms with Gasteiger partial charge in [-0.1, -0.05) is 12.1 Å². The van der Waals surface area contributed by atoms with E-state index in [4.69, 9.17) is 0 Å². The smallest absolute Gasteiger partial charge is 0.153 e. The number of rotatable bonds is 2. The molecule has 0 N–H and O–H groups in total. The molecule has 2 aromatic rings. The molecule has 0 aliphatic heterocycles. The fourth-order valence-electron chi connectivity index (χ4n) is 1.37. The van der Waals surface area contributed by atoms with Crippen LogP contribution in [0.15, 0.2) is 23.6 Å². The van der Waals surface area contributed by atoms with Crippen molar-refractivity contribution in [2.24, 2.45) is 0 Å². The Morgan fingerprint density at radius 1 is 1.47 bits per heavy atom. The van der Waals surface area contributed by atoms with Gasteiger partial charge in [0.25, 0.3) is 0 Å². The van der Waals surface area contributed by atoms with E-state index < -0.39 is 5.82 Å². The second kappa shape index (κ2) is 3.90. The van der Waals surface area contributed by atoms with Crippen molar-refractivity contribution < 1.29 is 9.18 Å². The lowest BCUT2D eigenvalue weighted by Crippen LogP contribution is -1.92. The Bertz CT molecular complexity index is 507. The van der Waals surface area contributed by atoms with Crippen LogP contribution in [0.2, 0.25) is 0 Å². The first-order chi connectivity index (χ1) is 7.22. The number of halogens is 1. The van der Waals surface area contributed by atoms with E-state index in [-0.39, 0.29) is 5.56 Å². The Hall–Kier alpha value is -1.55. The molecule has 76 valence electrons. The summed E-state index contributed by atoms with van der Waals surface area (Å²) in [5.74, 6) is -0.506. The van der Waals surface area contributed by atoms with Crippen LogP contribution in [0.5, 0.6) is 0 Å². The van der Waals surface area contributed by atoms with Crippen molar-refractivity contribution >= 4 is 17.6 Å². The molecule has 0 unspecified atom stereocenters. The molecule has 1 aromatic heterocycles. The molecule has 0 radical (unpaired) electrons. The second-order valence-corrected chi connectivity index (χ2v) is 4.13. The van der Waals surface area contributed by atoms with E-state index in [2.05, 4.69) is 4.98 Å². The van der Waals surface area contributed by atoms with Gasteiger partial charge in [0.2, 0.25) is 0 Å². The lowest BCUT2D eigenvalue weighted by Gasteiger charge is -2.01. The number of hydrogen-bond donors (Lipinski definition) is 0. The van der Waals surface area contributed by atoms with Crippen LogP contribution >= 0.6 is 11.3 Å². The maximum Gasteiger partial charge on any atom is 0.153 e. The Kier molecular flexibility index (Phi) is 2.60. The minimum atomic E-state index is -0.506. The topological polar surface area (TPSA) is 30.0 Å². The van der Waals surface area contributed by atoms with Gasteiger partial charge in [0.1, 0.15) is 5.82 Å². The van der Waals surface area contributed by atoms with Crippen molar-refractivity contribution in [1.29, 1.82) is 0 Å². The molecule has 4 heteroatoms. The van der Waals surface area contributed by atoms with Crippen LogP contribution in [0, 0.1) is 12.7 Å². The van der Waals surface area contributed by atoms with Gasteiger partial charge in [-0.2, -0.15) is 0 Å². The van der Waals surface area contributed by atoms with Crippen LogP contribution in [0.3, 0.4) is 0 Å². The van der Waals surface area contributed by atoms with Gasteiger partial charge in [0, 0.05) is 10.9 Å². The molecule has 1 heterocycles. The average Bonchev–Trinajstić information content (AvgIpc) is 2.64. The van der Waals surface area contributed by atoms with Crippen LogP contribution in [-0.2, 0) is 0 Å². The zero-order valence-electron chi connectivity index (χ0n) is 8.03. The van der Waals surface area contributed by atoms with Gasteiger partial charge >= 0.3 is 0 Å². The number of aryl methyl sites for hydroxylation is 1. The van der Waals surface area contributed by atoms with E-state index >= 15 is 0 Å². The third kappa shape index (κ3) is 1.80. The zero-order valence-corrected chi connectivity index (χ0v) is 8.84. The first-order valence-electron chi connectivity index (χ1n) is 4.38. The third-order valence-electron chi connectivity index (χ3n) is 2.07. The van der Waals surface area contributed by atoms with E-state index in [0.717, 1.165) is 5.01 Å². The van der Waals surface area contributed by atoms with Gasteiger partial charge in [-0.3, -0.25) is 4.79 Å². The van der Waals surface area contributed by atoms with E-state index in [9.17, 15) is 9.18 Å². The van der Waals surface area contributed by atoms with E-state index in [1.54, 1.807) is 12.1 Å². The molecule has 0 atom stereocenters. The van der Waals surface area contributed by atoms with Crippen LogP contribution in [0.1, 0.15) is 15.4 Å². The van der Waals surface area contributed by atoms with E-state index in [1.807, 2.05) is 12.3 Å². The van der Waals surface area contributed by atoms with Crippen LogP contribution in [-0.4, -0.2) is 11.3 Å². The van der Waals surface area contributed by atoms with Gasteiger partial charge in [0.15, 0.2) is 6.29 Å². The van der Waals surface area contributed by atoms with Crippen molar-refractivity contribution in [3.63, 3.8) is 0 Å². The SMILES string of the molecule is Cc1nc(-c2cccc(F)c2C=O)cs1. The molecule has 0 bridgehead atoms. The summed E-state index contributed by atoms with van der Waals surface area (Å²) in [5.41, 5.74) is 1.27. The highest BCUT2D eigenvalue weighted by Crippen LogP contribution is 2.25. The summed E-state index contributed by atoms with van der Waals surface area (Å²) in [6.07, 6.45) is 0.527. The first-order valence-corrected chi connectivity index (χ1v) is 5.26. The Morgan fingerprint density at radius 3 is 2.87 bits per heavy atom. The molecule has 1 aromatic carbocycles. The molecular formula is C11H8FNOS. The molecule has 0 saturated carbocycles. The minimum absolute atomic E-state index is 0.0720. The standard InChI is InChI=1S/C11H8FNOS/c1-7-13-11(6-15-7)8-3-2-4-10(12)9(8)5-14/h2-6H,1H3. The van der Waals surface area contributed by atoms with Crippen molar-refractivity contribution in [2.75, 3.05) is 0 Å². The van der Waals surface area contributed by atoms with Gasteiger partial charge in [-0.15, -0.1) is 11.3 Å². The molecule has 0 fully saturated rings. The summed E-state index contributed by atoms with van der Waals surface area (Å²) < 4.78 is 13.3. The van der Waals surface area contributed by atoms with Crippen LogP contribution in [0.4, 0.5) is 4.39 Å². The molecule has 2 nitrogen and oxygen atoms in total. The molecule has 2 rings (SSSR count). The second-order valence-electron chi connectivity index (χ2n) is 3.07. The Morgan fingerprint density at radius 2 is 2.27 bits per heavy atom. The van der Waals surface area contributed by atoms with E-state index in [0.29, 0.717) is 17.5 Å². The number of thiazole rings is 1. The van der Waals surface area contributed by atoms with Crippen molar-refractivity contribution in [1.82, 2.24) is 4.98 Å². The number of nitrogens with zero attached hydrogens (tertiary/aromatic N) is 1. The largest absolute Gasteiger partial charge is 0.298 e. The molecule has 0 amide bonds. The fraction of sp³-hybridized carbons (Fsp3) is 0.0909. The zero-order chi connectivity index (χ0) is 10.8. The fourth-order valence-corrected chi connectivity index (χ4v) is 1.98. The molecule has 0 saturated heterocycles. The highest BCUT2D eigenvalue weighted by Gasteiger charge is 2.11. The maximum atomic E-state index is 13.3. The normalized spacial score (nSPS) is 10.3. The number of aromatic nitrogens is 1. The Balaban J connectivity index is 2.62. The highest BCUT2D eigenvalue weighted by atomic mass is 32.1. The summed E-state index contributed by atoms with van der Waals surface area (Å²) >= 11 is 1.47. The van der Waals surface area contributed by atoms with Gasteiger partial charge < -0.3 is 0 Å². The maximum absolute atomic E-state index is 13.3. The molecule has 15 heavy (non-hydrogen) atoms. The van der Waals surface area contributed by atoms with Gasteiger partial charge in [-0.25, -0.2) is 9.37 Å². The molecule has 0 aliphatic rings. The molecule has 0 spiro atoms. The van der Waals surface area contributed by atoms with Gasteiger partial charge in [-0.05, 0) is 13.0 Å². The van der Waals surface area contributed by atoms with Crippen molar-refractivity contribution in [3.8, 4) is 11.3 Å². The number of carbonyl (C=O) groups excluding carboxylic acids is 1. The van der Waals surface area contributed by atoms with Crippen LogP contribution < -0.4 is 0 Å². The lowest BCUT2D eigenvalue weighted by atomic mass is 10.1. The quantitative estimate of drug-likeness (QED) is 0.729. The summed E-state index contributed by atoms with van der Waals surface area (Å²) in [7, 11) is 0. The highest BCUT2D eigenvalue weighted by molar-refractivity contribution is 7.09. The summed E-state index contributed by atoms with van der Waals surface area (Å²) in [6.45, 7) is 1.87. The van der Waals surface area contributed by atoms with Crippen molar-refractivity contribution in [3.05, 3.63) is 40.0 Å². The predicted molar refractivity (Wildman–Crippen MR) is 57.6 cm³/mol. The summed E-state index contributed by atoms with van der Waals surface area (Å²) in [6, 6.07) is 4.54. The van der Waals surface area contributed by atoms with Gasteiger partial charge in [0.05, 0.1) is 16.3 Å². The van der Waals surface area contributed by atoms with Crippen LogP contribution in [0.25, 0.3) is 11.3 Å². The van der Waals surface area contributed by atoms with E-state index in [1.165, 1.54) is 17.4 Å². The number of carbonyl (C=O) groups is 1. The monoisotopic (exact) mass is 221 g/mol. The number of benzene rings is 1. The molecular weight excluding hydrogens is 213 g/mol. The van der Waals surface area contributed by atoms with Crippen molar-refractivity contribution in [2.45, 2.75) is 6.92 Å².